The van der Waals surface area contributed by atoms with Gasteiger partial charge in [-0.2, -0.15) is 0 Å². The normalized spacial score (nSPS) is 10.7. The molecule has 2 heterocycles. The topological polar surface area (TPSA) is 73.2 Å². The molecule has 102 valence electrons. The summed E-state index contributed by atoms with van der Waals surface area (Å²) in [5.74, 6) is 0.433. The number of hydrogen-bond donors (Lipinski definition) is 1. The van der Waals surface area contributed by atoms with Gasteiger partial charge in [0.1, 0.15) is 4.83 Å². The predicted molar refractivity (Wildman–Crippen MR) is 73.8 cm³/mol. The molecule has 0 bridgehead atoms. The number of carbonyl (C=O) groups excluding carboxylic acids is 1. The van der Waals surface area contributed by atoms with Gasteiger partial charge in [0.2, 0.25) is 0 Å². The molecule has 2 rings (SSSR count). The lowest BCUT2D eigenvalue weighted by Crippen LogP contribution is -2.38. The zero-order valence-corrected chi connectivity index (χ0v) is 12.1. The molecule has 6 nitrogen and oxygen atoms in total. The summed E-state index contributed by atoms with van der Waals surface area (Å²) in [4.78, 5) is 34.8. The highest BCUT2D eigenvalue weighted by Gasteiger charge is 2.17. The number of aromatic nitrogens is 2. The average Bonchev–Trinajstić information content (AvgIpc) is 2.68. The third-order valence-electron chi connectivity index (χ3n) is 2.92. The van der Waals surface area contributed by atoms with Crippen LogP contribution in [0, 0.1) is 13.8 Å². The Morgan fingerprint density at radius 1 is 1.47 bits per heavy atom. The molecule has 0 saturated carbocycles. The molecule has 2 aromatic rings. The van der Waals surface area contributed by atoms with Crippen molar-refractivity contribution in [2.24, 2.45) is 0 Å². The molecule has 0 unspecified atom stereocenters. The van der Waals surface area contributed by atoms with E-state index in [2.05, 4.69) is 10.3 Å². The van der Waals surface area contributed by atoms with Crippen LogP contribution < -0.4 is 15.7 Å². The molecule has 0 aromatic carbocycles. The van der Waals surface area contributed by atoms with E-state index in [1.54, 1.807) is 0 Å². The summed E-state index contributed by atoms with van der Waals surface area (Å²) in [5, 5.41) is 2.83. The van der Waals surface area contributed by atoms with E-state index in [1.165, 1.54) is 18.4 Å². The van der Waals surface area contributed by atoms with Gasteiger partial charge in [-0.15, -0.1) is 16.1 Å². The molecule has 1 N–H and O–H groups in total. The second kappa shape index (κ2) is 5.00. The summed E-state index contributed by atoms with van der Waals surface area (Å²) in [7, 11) is 1.44. The summed E-state index contributed by atoms with van der Waals surface area (Å²) in [6, 6.07) is 0. The molecule has 0 saturated heterocycles. The number of thiophene rings is 1. The van der Waals surface area contributed by atoms with Crippen molar-refractivity contribution in [3.63, 3.8) is 0 Å². The first-order valence-electron chi connectivity index (χ1n) is 5.91. The van der Waals surface area contributed by atoms with Crippen molar-refractivity contribution in [1.29, 1.82) is 0 Å². The molecular formula is C12H15N3O3S. The molecule has 0 atom stereocenters. The Balaban J connectivity index is 2.74. The van der Waals surface area contributed by atoms with Crippen molar-refractivity contribution < 1.29 is 9.63 Å². The lowest BCUT2D eigenvalue weighted by Gasteiger charge is -2.09. The molecule has 2 aromatic heterocycles. The largest absolute Gasteiger partial charge is 0.431 e. The van der Waals surface area contributed by atoms with Crippen LogP contribution in [0.3, 0.4) is 0 Å². The number of rotatable bonds is 2. The highest BCUT2D eigenvalue weighted by molar-refractivity contribution is 7.18. The monoisotopic (exact) mass is 281 g/mol. The van der Waals surface area contributed by atoms with Crippen LogP contribution in [-0.4, -0.2) is 22.9 Å². The van der Waals surface area contributed by atoms with Crippen LogP contribution in [0.5, 0.6) is 0 Å². The van der Waals surface area contributed by atoms with Crippen molar-refractivity contribution >= 4 is 27.6 Å². The summed E-state index contributed by atoms with van der Waals surface area (Å²) in [5.41, 5.74) is 0.543. The minimum absolute atomic E-state index is 0.340. The maximum absolute atomic E-state index is 12.4. The Hall–Kier alpha value is -1.89. The number of amides is 1. The van der Waals surface area contributed by atoms with Crippen molar-refractivity contribution in [2.45, 2.75) is 27.2 Å². The fourth-order valence-electron chi connectivity index (χ4n) is 1.77. The van der Waals surface area contributed by atoms with Gasteiger partial charge >= 0.3 is 6.09 Å². The van der Waals surface area contributed by atoms with Crippen molar-refractivity contribution in [3.05, 3.63) is 26.6 Å². The zero-order valence-electron chi connectivity index (χ0n) is 11.2. The molecular weight excluding hydrogens is 266 g/mol. The second-order valence-corrected chi connectivity index (χ2v) is 5.28. The maximum Gasteiger partial charge on any atom is 0.431 e. The molecule has 0 fully saturated rings. The number of fused-ring (bicyclic) bond motifs is 1. The van der Waals surface area contributed by atoms with Crippen LogP contribution >= 0.6 is 11.3 Å². The molecule has 1 amide bonds. The van der Waals surface area contributed by atoms with Gasteiger partial charge in [-0.1, -0.05) is 6.92 Å². The van der Waals surface area contributed by atoms with Gasteiger partial charge in [-0.25, -0.2) is 9.78 Å². The molecule has 19 heavy (non-hydrogen) atoms. The van der Waals surface area contributed by atoms with E-state index in [0.29, 0.717) is 22.5 Å². The minimum Gasteiger partial charge on any atom is -0.323 e. The first kappa shape index (κ1) is 13.5. The summed E-state index contributed by atoms with van der Waals surface area (Å²) >= 11 is 1.48. The Morgan fingerprint density at radius 2 is 2.16 bits per heavy atom. The van der Waals surface area contributed by atoms with Gasteiger partial charge in [0, 0.05) is 18.3 Å². The van der Waals surface area contributed by atoms with Gasteiger partial charge in [-0.05, 0) is 19.4 Å². The summed E-state index contributed by atoms with van der Waals surface area (Å²) < 4.78 is 0.973. The van der Waals surface area contributed by atoms with Crippen LogP contribution in [0.1, 0.15) is 23.2 Å². The van der Waals surface area contributed by atoms with Crippen LogP contribution in [0.15, 0.2) is 4.79 Å². The number of hydrogen-bond acceptors (Lipinski definition) is 5. The quantitative estimate of drug-likeness (QED) is 0.903. The van der Waals surface area contributed by atoms with Crippen LogP contribution in [0.4, 0.5) is 4.79 Å². The summed E-state index contributed by atoms with van der Waals surface area (Å²) in [6.07, 6.45) is -0.194. The number of nitrogens with zero attached hydrogens (tertiary/aromatic N) is 2. The van der Waals surface area contributed by atoms with E-state index >= 15 is 0 Å². The van der Waals surface area contributed by atoms with E-state index in [-0.39, 0.29) is 5.56 Å². The van der Waals surface area contributed by atoms with Gasteiger partial charge in [0.05, 0.1) is 5.39 Å². The van der Waals surface area contributed by atoms with Crippen molar-refractivity contribution in [1.82, 2.24) is 15.0 Å². The molecule has 0 spiro atoms. The van der Waals surface area contributed by atoms with Crippen molar-refractivity contribution in [2.75, 3.05) is 7.05 Å². The fourth-order valence-corrected chi connectivity index (χ4v) is 2.81. The Morgan fingerprint density at radius 3 is 2.74 bits per heavy atom. The predicted octanol–water partition coefficient (Wildman–Crippen LogP) is 1.41. The second-order valence-electron chi connectivity index (χ2n) is 4.07. The van der Waals surface area contributed by atoms with E-state index in [4.69, 9.17) is 4.84 Å². The van der Waals surface area contributed by atoms with Gasteiger partial charge in [0.15, 0.2) is 5.82 Å². The minimum atomic E-state index is -0.692. The average molecular weight is 281 g/mol. The molecule has 7 heteroatoms. The van der Waals surface area contributed by atoms with Crippen molar-refractivity contribution in [3.8, 4) is 0 Å². The number of nitrogens with one attached hydrogen (secondary N) is 1. The highest BCUT2D eigenvalue weighted by atomic mass is 32.1. The molecule has 0 aliphatic carbocycles. The summed E-state index contributed by atoms with van der Waals surface area (Å²) in [6.45, 7) is 5.66. The van der Waals surface area contributed by atoms with Crippen LogP contribution in [-0.2, 0) is 6.42 Å². The molecule has 0 aliphatic rings. The van der Waals surface area contributed by atoms with Crippen LogP contribution in [0.2, 0.25) is 0 Å². The maximum atomic E-state index is 12.4. The third-order valence-corrected chi connectivity index (χ3v) is 4.03. The fraction of sp³-hybridized carbons (Fsp3) is 0.417. The van der Waals surface area contributed by atoms with E-state index in [1.807, 2.05) is 20.8 Å². The van der Waals surface area contributed by atoms with Crippen LogP contribution in [0.25, 0.3) is 10.2 Å². The third kappa shape index (κ3) is 2.21. The molecule has 0 aliphatic heterocycles. The van der Waals surface area contributed by atoms with Gasteiger partial charge < -0.3 is 10.2 Å². The number of aryl methyl sites for hydroxylation is 3. The zero-order chi connectivity index (χ0) is 14.2. The lowest BCUT2D eigenvalue weighted by atomic mass is 10.2. The SMILES string of the molecule is CCc1nc2sc(C)c(C)c2c(=O)n1OC(=O)NC. The first-order chi connectivity index (χ1) is 8.99. The standard InChI is InChI=1S/C12H15N3O3S/c1-5-8-14-10-9(6(2)7(3)19-10)11(16)15(8)18-12(17)13-4/h5H2,1-4H3,(H,13,17). The van der Waals surface area contributed by atoms with Gasteiger partial charge in [-0.3, -0.25) is 4.79 Å². The smallest absolute Gasteiger partial charge is 0.323 e. The highest BCUT2D eigenvalue weighted by Crippen LogP contribution is 2.26. The van der Waals surface area contributed by atoms with E-state index in [9.17, 15) is 9.59 Å². The van der Waals surface area contributed by atoms with E-state index < -0.39 is 6.09 Å². The van der Waals surface area contributed by atoms with E-state index in [0.717, 1.165) is 15.2 Å². The Labute approximate surface area is 114 Å². The first-order valence-corrected chi connectivity index (χ1v) is 6.72. The Kier molecular flexibility index (Phi) is 3.57. The lowest BCUT2D eigenvalue weighted by molar-refractivity contribution is 0.125. The molecule has 0 radical (unpaired) electrons. The number of carbonyl (C=O) groups is 1. The Bertz CT molecular complexity index is 702. The van der Waals surface area contributed by atoms with Gasteiger partial charge in [0.25, 0.3) is 5.56 Å².